The van der Waals surface area contributed by atoms with Crippen LogP contribution >= 0.6 is 0 Å². The zero-order valence-corrected chi connectivity index (χ0v) is 14.2. The Morgan fingerprint density at radius 1 is 0.538 bits per heavy atom. The molecule has 0 N–H and O–H groups in total. The van der Waals surface area contributed by atoms with Gasteiger partial charge in [-0.2, -0.15) is 0 Å². The summed E-state index contributed by atoms with van der Waals surface area (Å²) in [6, 6.07) is 28.9. The van der Waals surface area contributed by atoms with Gasteiger partial charge in [-0.05, 0) is 51.9 Å². The molecule has 0 aliphatic carbocycles. The predicted molar refractivity (Wildman–Crippen MR) is 111 cm³/mol. The fourth-order valence-corrected chi connectivity index (χ4v) is 2.99. The molecule has 0 atom stereocenters. The summed E-state index contributed by atoms with van der Waals surface area (Å²) in [5.41, 5.74) is 2.07. The summed E-state index contributed by atoms with van der Waals surface area (Å²) < 4.78 is 0. The van der Waals surface area contributed by atoms with Crippen LogP contribution in [-0.2, 0) is 0 Å². The van der Waals surface area contributed by atoms with Gasteiger partial charge in [0.1, 0.15) is 0 Å². The number of allylic oxidation sites excluding steroid dienone is 2. The molecule has 0 aromatic heterocycles. The predicted octanol–water partition coefficient (Wildman–Crippen LogP) is 5.95. The molecule has 120 valence electrons. The Bertz CT molecular complexity index is 1170. The summed E-state index contributed by atoms with van der Waals surface area (Å²) in [5, 5.41) is 4.79. The molecule has 0 unspecified atom stereocenters. The minimum atomic E-state index is 1.00. The highest BCUT2D eigenvalue weighted by atomic mass is 14.1. The van der Waals surface area contributed by atoms with Gasteiger partial charge in [0.25, 0.3) is 0 Å². The maximum absolute atomic E-state index is 3.32. The molecule has 4 rings (SSSR count). The van der Waals surface area contributed by atoms with Gasteiger partial charge in [-0.3, -0.25) is 0 Å². The fourth-order valence-electron chi connectivity index (χ4n) is 2.99. The molecule has 0 saturated carbocycles. The van der Waals surface area contributed by atoms with Crippen molar-refractivity contribution < 1.29 is 0 Å². The van der Waals surface area contributed by atoms with Crippen LogP contribution in [0, 0.1) is 23.7 Å². The van der Waals surface area contributed by atoms with Gasteiger partial charge in [-0.1, -0.05) is 90.4 Å². The van der Waals surface area contributed by atoms with E-state index in [2.05, 4.69) is 78.3 Å². The lowest BCUT2D eigenvalue weighted by Gasteiger charge is -2.06. The molecule has 0 amide bonds. The second kappa shape index (κ2) is 7.43. The first-order valence-electron chi connectivity index (χ1n) is 8.55. The highest BCUT2D eigenvalue weighted by Crippen LogP contribution is 2.27. The van der Waals surface area contributed by atoms with Gasteiger partial charge < -0.3 is 0 Å². The van der Waals surface area contributed by atoms with Crippen LogP contribution < -0.4 is 0 Å². The lowest BCUT2D eigenvalue weighted by Crippen LogP contribution is -1.84. The number of hydrogen-bond acceptors (Lipinski definition) is 0. The van der Waals surface area contributed by atoms with Crippen LogP contribution in [0.25, 0.3) is 21.5 Å². The molecule has 0 saturated heterocycles. The van der Waals surface area contributed by atoms with E-state index in [0.29, 0.717) is 0 Å². The Hall–Kier alpha value is -3.74. The Morgan fingerprint density at radius 3 is 1.73 bits per heavy atom. The second-order valence-electron chi connectivity index (χ2n) is 5.93. The van der Waals surface area contributed by atoms with Crippen molar-refractivity contribution in [2.24, 2.45) is 0 Å². The van der Waals surface area contributed by atoms with Crippen molar-refractivity contribution in [1.29, 1.82) is 0 Å². The summed E-state index contributed by atoms with van der Waals surface area (Å²) >= 11 is 0. The van der Waals surface area contributed by atoms with Crippen LogP contribution in [0.2, 0.25) is 0 Å². The molecule has 4 aromatic rings. The molecule has 0 aliphatic rings. The van der Waals surface area contributed by atoms with Gasteiger partial charge in [0.05, 0.1) is 0 Å². The van der Waals surface area contributed by atoms with Crippen molar-refractivity contribution in [2.75, 3.05) is 0 Å². The van der Waals surface area contributed by atoms with E-state index in [0.717, 1.165) is 11.1 Å². The van der Waals surface area contributed by atoms with Crippen LogP contribution in [0.5, 0.6) is 0 Å². The van der Waals surface area contributed by atoms with Gasteiger partial charge in [-0.15, -0.1) is 0 Å². The molecule has 0 nitrogen and oxygen atoms in total. The van der Waals surface area contributed by atoms with Gasteiger partial charge in [0.2, 0.25) is 0 Å². The molecule has 0 bridgehead atoms. The monoisotopic (exact) mass is 328 g/mol. The molecular formula is C26H16. The van der Waals surface area contributed by atoms with E-state index in [4.69, 9.17) is 0 Å². The van der Waals surface area contributed by atoms with E-state index in [9.17, 15) is 0 Å². The largest absolute Gasteiger partial charge is 0.0689 e. The third-order valence-corrected chi connectivity index (χ3v) is 4.21. The Balaban J connectivity index is 1.70. The minimum absolute atomic E-state index is 1.00. The van der Waals surface area contributed by atoms with Crippen molar-refractivity contribution in [1.82, 2.24) is 0 Å². The molecule has 0 spiro atoms. The lowest BCUT2D eigenvalue weighted by molar-refractivity contribution is 1.65. The van der Waals surface area contributed by atoms with Crippen LogP contribution in [0.15, 0.2) is 97.1 Å². The molecular weight excluding hydrogens is 312 g/mol. The average Bonchev–Trinajstić information content (AvgIpc) is 2.70. The first-order chi connectivity index (χ1) is 12.9. The van der Waals surface area contributed by atoms with E-state index >= 15 is 0 Å². The Morgan fingerprint density at radius 2 is 1.08 bits per heavy atom. The molecule has 4 aromatic carbocycles. The number of hydrogen-bond donors (Lipinski definition) is 0. The summed E-state index contributed by atoms with van der Waals surface area (Å²) in [5.74, 6) is 12.6. The SMILES string of the molecule is C(#Cc1ccccc1)/C=C\C#Cc1c2ccccc2cc2ccccc12. The topological polar surface area (TPSA) is 0 Å². The van der Waals surface area contributed by atoms with Crippen LogP contribution in [0.4, 0.5) is 0 Å². The highest BCUT2D eigenvalue weighted by Gasteiger charge is 2.04. The summed E-state index contributed by atoms with van der Waals surface area (Å²) in [6.45, 7) is 0. The third kappa shape index (κ3) is 3.36. The van der Waals surface area contributed by atoms with Crippen molar-refractivity contribution >= 4 is 21.5 Å². The van der Waals surface area contributed by atoms with E-state index < -0.39 is 0 Å². The van der Waals surface area contributed by atoms with Gasteiger partial charge >= 0.3 is 0 Å². The van der Waals surface area contributed by atoms with E-state index in [1.165, 1.54) is 21.5 Å². The second-order valence-corrected chi connectivity index (χ2v) is 5.93. The van der Waals surface area contributed by atoms with E-state index in [1.54, 1.807) is 6.08 Å². The molecule has 0 radical (unpaired) electrons. The molecule has 0 aliphatic heterocycles. The lowest BCUT2D eigenvalue weighted by atomic mass is 9.97. The highest BCUT2D eigenvalue weighted by molar-refractivity contribution is 6.04. The first-order valence-corrected chi connectivity index (χ1v) is 8.55. The number of benzene rings is 4. The maximum atomic E-state index is 3.32. The Labute approximate surface area is 153 Å². The van der Waals surface area contributed by atoms with Crippen molar-refractivity contribution in [3.63, 3.8) is 0 Å². The fraction of sp³-hybridized carbons (Fsp3) is 0. The normalized spacial score (nSPS) is 10.3. The third-order valence-electron chi connectivity index (χ3n) is 4.21. The van der Waals surface area contributed by atoms with E-state index in [1.807, 2.05) is 36.4 Å². The average molecular weight is 328 g/mol. The van der Waals surface area contributed by atoms with Gasteiger partial charge in [0.15, 0.2) is 0 Å². The first kappa shape index (κ1) is 15.8. The van der Waals surface area contributed by atoms with Crippen molar-refractivity contribution in [3.8, 4) is 23.7 Å². The molecule has 0 heteroatoms. The Kier molecular flexibility index (Phi) is 4.51. The smallest absolute Gasteiger partial charge is 0.0405 e. The summed E-state index contributed by atoms with van der Waals surface area (Å²) in [4.78, 5) is 0. The number of fused-ring (bicyclic) bond motifs is 2. The summed E-state index contributed by atoms with van der Waals surface area (Å²) in [7, 11) is 0. The summed E-state index contributed by atoms with van der Waals surface area (Å²) in [6.07, 6.45) is 3.61. The molecule has 0 fully saturated rings. The van der Waals surface area contributed by atoms with Gasteiger partial charge in [-0.25, -0.2) is 0 Å². The molecule has 26 heavy (non-hydrogen) atoms. The van der Waals surface area contributed by atoms with E-state index in [-0.39, 0.29) is 0 Å². The quantitative estimate of drug-likeness (QED) is 0.276. The maximum Gasteiger partial charge on any atom is 0.0405 e. The van der Waals surface area contributed by atoms with Crippen LogP contribution in [0.1, 0.15) is 11.1 Å². The van der Waals surface area contributed by atoms with Crippen molar-refractivity contribution in [2.45, 2.75) is 0 Å². The zero-order valence-electron chi connectivity index (χ0n) is 14.2. The van der Waals surface area contributed by atoms with Crippen LogP contribution in [0.3, 0.4) is 0 Å². The van der Waals surface area contributed by atoms with Crippen LogP contribution in [-0.4, -0.2) is 0 Å². The van der Waals surface area contributed by atoms with Gasteiger partial charge in [0, 0.05) is 11.1 Å². The van der Waals surface area contributed by atoms with Crippen molar-refractivity contribution in [3.05, 3.63) is 108 Å². The zero-order chi connectivity index (χ0) is 17.6. The standard InChI is InChI=1S/C26H16/c1(4-12-21-13-5-3-6-14-21)2-7-19-26-24-17-10-8-15-22(24)20-23-16-9-11-18-25(23)26/h1-3,5-6,8-11,13-18,20H/b2-1-. The number of rotatable bonds is 0. The minimum Gasteiger partial charge on any atom is -0.0689 e. The molecule has 0 heterocycles.